The van der Waals surface area contributed by atoms with Crippen molar-refractivity contribution in [2.75, 3.05) is 5.32 Å². The summed E-state index contributed by atoms with van der Waals surface area (Å²) in [5, 5.41) is 14.8. The van der Waals surface area contributed by atoms with Gasteiger partial charge in [-0.2, -0.15) is 0 Å². The minimum atomic E-state index is -0.779. The molecule has 0 spiro atoms. The molecule has 1 aromatic carbocycles. The van der Waals surface area contributed by atoms with E-state index in [4.69, 9.17) is 5.11 Å². The number of benzene rings is 1. The molecular formula is C19H20FN3O3. The van der Waals surface area contributed by atoms with Gasteiger partial charge in [-0.15, -0.1) is 0 Å². The molecule has 0 unspecified atom stereocenters. The zero-order chi connectivity index (χ0) is 18.5. The van der Waals surface area contributed by atoms with Gasteiger partial charge < -0.3 is 15.7 Å². The molecule has 0 saturated heterocycles. The Morgan fingerprint density at radius 1 is 1.08 bits per heavy atom. The van der Waals surface area contributed by atoms with Gasteiger partial charge in [0.2, 0.25) is 0 Å². The van der Waals surface area contributed by atoms with Crippen molar-refractivity contribution in [3.05, 3.63) is 54.0 Å². The number of rotatable bonds is 5. The van der Waals surface area contributed by atoms with Gasteiger partial charge in [-0.1, -0.05) is 12.1 Å². The number of carbonyl (C=O) groups excluding carboxylic acids is 1. The summed E-state index contributed by atoms with van der Waals surface area (Å²) in [4.78, 5) is 27.8. The van der Waals surface area contributed by atoms with E-state index in [2.05, 4.69) is 15.6 Å². The maximum absolute atomic E-state index is 13.8. The van der Waals surface area contributed by atoms with Crippen LogP contribution in [0.25, 0.3) is 0 Å². The van der Waals surface area contributed by atoms with Crippen LogP contribution in [-0.4, -0.2) is 28.0 Å². The van der Waals surface area contributed by atoms with Gasteiger partial charge in [0, 0.05) is 12.2 Å². The van der Waals surface area contributed by atoms with Crippen LogP contribution in [0.15, 0.2) is 42.6 Å². The zero-order valence-corrected chi connectivity index (χ0v) is 14.1. The van der Waals surface area contributed by atoms with Crippen LogP contribution in [0.2, 0.25) is 0 Å². The highest BCUT2D eigenvalue weighted by molar-refractivity contribution is 5.99. The van der Waals surface area contributed by atoms with Crippen LogP contribution in [0.4, 0.5) is 15.9 Å². The average molecular weight is 357 g/mol. The van der Waals surface area contributed by atoms with Crippen molar-refractivity contribution >= 4 is 23.4 Å². The number of nitrogens with zero attached hydrogens (tertiary/aromatic N) is 1. The molecule has 3 rings (SSSR count). The Labute approximate surface area is 150 Å². The van der Waals surface area contributed by atoms with Gasteiger partial charge in [0.25, 0.3) is 5.91 Å². The number of carbonyl (C=O) groups is 2. The number of nitrogens with one attached hydrogen (secondary N) is 2. The topological polar surface area (TPSA) is 91.3 Å². The predicted octanol–water partition coefficient (Wildman–Crippen LogP) is 3.34. The molecule has 0 aliphatic heterocycles. The molecule has 1 saturated carbocycles. The van der Waals surface area contributed by atoms with Crippen molar-refractivity contribution in [1.82, 2.24) is 10.3 Å². The highest BCUT2D eigenvalue weighted by Gasteiger charge is 2.27. The summed E-state index contributed by atoms with van der Waals surface area (Å²) >= 11 is 0. The maximum atomic E-state index is 13.8. The molecule has 0 radical (unpaired) electrons. The first kappa shape index (κ1) is 17.8. The molecule has 2 aromatic rings. The number of carboxylic acid groups (broad SMARTS) is 1. The van der Waals surface area contributed by atoms with Crippen molar-refractivity contribution in [2.45, 2.75) is 31.7 Å². The first-order valence-corrected chi connectivity index (χ1v) is 8.55. The molecule has 26 heavy (non-hydrogen) atoms. The molecule has 136 valence electrons. The monoisotopic (exact) mass is 357 g/mol. The lowest BCUT2D eigenvalue weighted by Gasteiger charge is -2.27. The lowest BCUT2D eigenvalue weighted by atomic mass is 9.86. The third kappa shape index (κ3) is 4.17. The zero-order valence-electron chi connectivity index (χ0n) is 14.1. The number of amides is 1. The number of carboxylic acids is 1. The van der Waals surface area contributed by atoms with Crippen LogP contribution in [0.3, 0.4) is 0 Å². The van der Waals surface area contributed by atoms with Crippen molar-refractivity contribution in [3.63, 3.8) is 0 Å². The highest BCUT2D eigenvalue weighted by atomic mass is 19.1. The molecule has 7 heteroatoms. The predicted molar refractivity (Wildman–Crippen MR) is 94.8 cm³/mol. The molecule has 1 heterocycles. The van der Waals surface area contributed by atoms with E-state index >= 15 is 0 Å². The first-order chi connectivity index (χ1) is 12.5. The largest absolute Gasteiger partial charge is 0.481 e. The number of aliphatic carboxylic acids is 1. The third-order valence-electron chi connectivity index (χ3n) is 4.59. The van der Waals surface area contributed by atoms with E-state index in [9.17, 15) is 14.0 Å². The quantitative estimate of drug-likeness (QED) is 0.763. The fraction of sp³-hybridized carbons (Fsp3) is 0.316. The number of anilines is 2. The van der Waals surface area contributed by atoms with E-state index in [1.165, 1.54) is 12.3 Å². The number of aromatic nitrogens is 1. The molecule has 1 aromatic heterocycles. The molecule has 1 aliphatic rings. The van der Waals surface area contributed by atoms with Crippen molar-refractivity contribution in [1.29, 1.82) is 0 Å². The van der Waals surface area contributed by atoms with E-state index in [1.54, 1.807) is 30.3 Å². The van der Waals surface area contributed by atoms with E-state index in [-0.39, 0.29) is 29.4 Å². The molecular weight excluding hydrogens is 337 g/mol. The van der Waals surface area contributed by atoms with Crippen molar-refractivity contribution in [2.24, 2.45) is 5.92 Å². The van der Waals surface area contributed by atoms with E-state index in [0.29, 0.717) is 31.2 Å². The van der Waals surface area contributed by atoms with Gasteiger partial charge >= 0.3 is 5.97 Å². The Hall–Kier alpha value is -2.96. The van der Waals surface area contributed by atoms with Gasteiger partial charge in [0.05, 0.1) is 17.2 Å². The summed E-state index contributed by atoms with van der Waals surface area (Å²) in [6.07, 6.45) is 3.87. The second-order valence-electron chi connectivity index (χ2n) is 6.36. The number of halogens is 1. The van der Waals surface area contributed by atoms with Gasteiger partial charge in [0.15, 0.2) is 0 Å². The molecule has 3 N–H and O–H groups in total. The van der Waals surface area contributed by atoms with Gasteiger partial charge in [-0.3, -0.25) is 9.59 Å². The molecule has 6 nitrogen and oxygen atoms in total. The number of hydrogen-bond acceptors (Lipinski definition) is 4. The Kier molecular flexibility index (Phi) is 5.46. The van der Waals surface area contributed by atoms with Gasteiger partial charge in [0.1, 0.15) is 11.6 Å². The fourth-order valence-corrected chi connectivity index (χ4v) is 3.13. The molecule has 0 bridgehead atoms. The fourth-order valence-electron chi connectivity index (χ4n) is 3.13. The summed E-state index contributed by atoms with van der Waals surface area (Å²) < 4.78 is 13.8. The first-order valence-electron chi connectivity index (χ1n) is 8.55. The van der Waals surface area contributed by atoms with Crippen LogP contribution in [0.1, 0.15) is 36.0 Å². The average Bonchev–Trinajstić information content (AvgIpc) is 2.64. The van der Waals surface area contributed by atoms with Crippen LogP contribution in [-0.2, 0) is 4.79 Å². The van der Waals surface area contributed by atoms with E-state index in [1.807, 2.05) is 0 Å². The summed E-state index contributed by atoms with van der Waals surface area (Å²) in [7, 11) is 0. The Morgan fingerprint density at radius 2 is 1.81 bits per heavy atom. The Bertz CT molecular complexity index is 804. The second kappa shape index (κ2) is 7.95. The van der Waals surface area contributed by atoms with Gasteiger partial charge in [-0.05, 0) is 49.9 Å². The lowest BCUT2D eigenvalue weighted by molar-refractivity contribution is -0.142. The Balaban J connectivity index is 1.69. The summed E-state index contributed by atoms with van der Waals surface area (Å²) in [6.45, 7) is 0. The van der Waals surface area contributed by atoms with Crippen molar-refractivity contribution in [3.8, 4) is 0 Å². The summed E-state index contributed by atoms with van der Waals surface area (Å²) in [5.41, 5.74) is 0.554. The number of para-hydroxylation sites is 1. The maximum Gasteiger partial charge on any atom is 0.306 e. The smallest absolute Gasteiger partial charge is 0.306 e. The third-order valence-corrected chi connectivity index (χ3v) is 4.59. The summed E-state index contributed by atoms with van der Waals surface area (Å²) in [6, 6.07) is 9.36. The van der Waals surface area contributed by atoms with Crippen LogP contribution >= 0.6 is 0 Å². The number of hydrogen-bond donors (Lipinski definition) is 3. The number of pyridine rings is 1. The molecule has 1 amide bonds. The second-order valence-corrected chi connectivity index (χ2v) is 6.36. The lowest BCUT2D eigenvalue weighted by Crippen LogP contribution is -2.39. The molecule has 1 fully saturated rings. The standard InChI is InChI=1S/C19H20FN3O3/c20-15-5-1-2-6-16(15)23-17-14(4-3-11-21-17)18(24)22-13-9-7-12(8-10-13)19(25)26/h1-6,11-13H,7-10H2,(H,21,23)(H,22,24)(H,25,26). The van der Waals surface area contributed by atoms with Crippen LogP contribution in [0, 0.1) is 11.7 Å². The minimum Gasteiger partial charge on any atom is -0.481 e. The normalized spacial score (nSPS) is 19.6. The van der Waals surface area contributed by atoms with Crippen molar-refractivity contribution < 1.29 is 19.1 Å². The van der Waals surface area contributed by atoms with Crippen LogP contribution in [0.5, 0.6) is 0 Å². The SMILES string of the molecule is O=C(NC1CCC(C(=O)O)CC1)c1cccnc1Nc1ccccc1F. The molecule has 1 aliphatic carbocycles. The summed E-state index contributed by atoms with van der Waals surface area (Å²) in [5.74, 6) is -1.58. The highest BCUT2D eigenvalue weighted by Crippen LogP contribution is 2.25. The van der Waals surface area contributed by atoms with E-state index in [0.717, 1.165) is 0 Å². The van der Waals surface area contributed by atoms with E-state index < -0.39 is 11.8 Å². The van der Waals surface area contributed by atoms with Crippen LogP contribution < -0.4 is 10.6 Å². The van der Waals surface area contributed by atoms with Gasteiger partial charge in [-0.25, -0.2) is 9.37 Å². The Morgan fingerprint density at radius 3 is 2.50 bits per heavy atom. The minimum absolute atomic E-state index is 0.0698. The molecule has 0 atom stereocenters.